The van der Waals surface area contributed by atoms with Crippen molar-refractivity contribution in [2.75, 3.05) is 11.3 Å². The highest BCUT2D eigenvalue weighted by atomic mass is 32.2. The average Bonchev–Trinajstić information content (AvgIpc) is 3.12. The Bertz CT molecular complexity index is 1150. The number of amides is 1. The monoisotopic (exact) mass is 426 g/mol. The summed E-state index contributed by atoms with van der Waals surface area (Å²) in [7, 11) is -3.75. The van der Waals surface area contributed by atoms with E-state index in [-0.39, 0.29) is 10.8 Å². The van der Waals surface area contributed by atoms with E-state index in [4.69, 9.17) is 0 Å². The summed E-state index contributed by atoms with van der Waals surface area (Å²) in [4.78, 5) is 12.7. The van der Waals surface area contributed by atoms with Gasteiger partial charge in [0.1, 0.15) is 0 Å². The molecule has 0 saturated carbocycles. The molecule has 1 amide bonds. The normalized spacial score (nSPS) is 11.3. The van der Waals surface area contributed by atoms with E-state index in [1.54, 1.807) is 43.5 Å². The average molecular weight is 427 g/mol. The first-order valence-electron chi connectivity index (χ1n) is 9.72. The number of aryl methyl sites for hydroxylation is 4. The molecule has 7 nitrogen and oxygen atoms in total. The summed E-state index contributed by atoms with van der Waals surface area (Å²) in [5.41, 5.74) is 3.36. The fourth-order valence-corrected chi connectivity index (χ4v) is 4.45. The van der Waals surface area contributed by atoms with Crippen LogP contribution in [0, 0.1) is 20.8 Å². The highest BCUT2D eigenvalue weighted by Gasteiger charge is 2.18. The molecule has 8 heteroatoms. The van der Waals surface area contributed by atoms with E-state index in [1.165, 1.54) is 6.07 Å². The fourth-order valence-electron chi connectivity index (χ4n) is 3.07. The van der Waals surface area contributed by atoms with Crippen molar-refractivity contribution in [3.05, 3.63) is 77.1 Å². The van der Waals surface area contributed by atoms with Gasteiger partial charge < -0.3 is 5.32 Å². The lowest BCUT2D eigenvalue weighted by Crippen LogP contribution is -2.25. The number of rotatable bonds is 8. The fraction of sp³-hybridized carbons (Fsp3) is 0.273. The van der Waals surface area contributed by atoms with E-state index >= 15 is 0 Å². The van der Waals surface area contributed by atoms with Crippen LogP contribution in [0.4, 0.5) is 5.69 Å². The second-order valence-electron chi connectivity index (χ2n) is 7.35. The van der Waals surface area contributed by atoms with Gasteiger partial charge in [0, 0.05) is 30.5 Å². The molecule has 0 atom stereocenters. The third-order valence-electron chi connectivity index (χ3n) is 4.62. The smallest absolute Gasteiger partial charge is 0.262 e. The molecule has 2 aromatic carbocycles. The molecular formula is C22H26N4O3S. The molecule has 0 saturated heterocycles. The number of aromatic nitrogens is 2. The van der Waals surface area contributed by atoms with Crippen LogP contribution < -0.4 is 10.0 Å². The summed E-state index contributed by atoms with van der Waals surface area (Å²) in [5, 5.41) is 7.07. The third kappa shape index (κ3) is 5.48. The van der Waals surface area contributed by atoms with E-state index < -0.39 is 10.0 Å². The zero-order valence-electron chi connectivity index (χ0n) is 17.3. The SMILES string of the molecule is Cc1ccc(C)c(S(=O)(=O)Nc2cccc(C(=O)NCCCn3cc(C)cn3)c2)c1. The van der Waals surface area contributed by atoms with Gasteiger partial charge in [-0.15, -0.1) is 0 Å². The Morgan fingerprint density at radius 3 is 2.60 bits per heavy atom. The molecule has 1 aromatic heterocycles. The topological polar surface area (TPSA) is 93.1 Å². The number of sulfonamides is 1. The summed E-state index contributed by atoms with van der Waals surface area (Å²) in [6.07, 6.45) is 4.49. The first kappa shape index (κ1) is 21.6. The molecule has 0 bridgehead atoms. The predicted octanol–water partition coefficient (Wildman–Crippen LogP) is 3.43. The molecule has 158 valence electrons. The van der Waals surface area contributed by atoms with Crippen LogP contribution in [0.25, 0.3) is 0 Å². The highest BCUT2D eigenvalue weighted by molar-refractivity contribution is 7.92. The first-order valence-corrected chi connectivity index (χ1v) is 11.2. The lowest BCUT2D eigenvalue weighted by molar-refractivity contribution is 0.0952. The Kier molecular flexibility index (Phi) is 6.56. The van der Waals surface area contributed by atoms with Gasteiger partial charge in [-0.25, -0.2) is 8.42 Å². The maximum absolute atomic E-state index is 12.8. The van der Waals surface area contributed by atoms with E-state index in [2.05, 4.69) is 15.1 Å². The molecule has 1 heterocycles. The van der Waals surface area contributed by atoms with Gasteiger partial charge in [0.2, 0.25) is 0 Å². The van der Waals surface area contributed by atoms with E-state index in [1.807, 2.05) is 30.8 Å². The predicted molar refractivity (Wildman–Crippen MR) is 117 cm³/mol. The number of benzene rings is 2. The second kappa shape index (κ2) is 9.13. The molecule has 3 aromatic rings. The molecule has 0 aliphatic heterocycles. The largest absolute Gasteiger partial charge is 0.352 e. The molecular weight excluding hydrogens is 400 g/mol. The number of hydrogen-bond acceptors (Lipinski definition) is 4. The van der Waals surface area contributed by atoms with Crippen molar-refractivity contribution >= 4 is 21.6 Å². The van der Waals surface area contributed by atoms with Crippen LogP contribution >= 0.6 is 0 Å². The van der Waals surface area contributed by atoms with Crippen molar-refractivity contribution in [2.45, 2.75) is 38.6 Å². The first-order chi connectivity index (χ1) is 14.2. The quantitative estimate of drug-likeness (QED) is 0.540. The van der Waals surface area contributed by atoms with Crippen LogP contribution in [0.15, 0.2) is 59.8 Å². The standard InChI is InChI=1S/C22H26N4O3S/c1-16-8-9-18(3)21(12-16)30(28,29)25-20-7-4-6-19(13-20)22(27)23-10-5-11-26-15-17(2)14-24-26/h4,6-9,12-15,25H,5,10-11H2,1-3H3,(H,23,27). The van der Waals surface area contributed by atoms with Crippen molar-refractivity contribution < 1.29 is 13.2 Å². The van der Waals surface area contributed by atoms with Crippen molar-refractivity contribution in [3.8, 4) is 0 Å². The molecule has 0 fully saturated rings. The summed E-state index contributed by atoms with van der Waals surface area (Å²) in [6.45, 7) is 6.78. The van der Waals surface area contributed by atoms with Gasteiger partial charge in [0.15, 0.2) is 0 Å². The minimum Gasteiger partial charge on any atom is -0.352 e. The van der Waals surface area contributed by atoms with Crippen molar-refractivity contribution in [1.29, 1.82) is 0 Å². The summed E-state index contributed by atoms with van der Waals surface area (Å²) >= 11 is 0. The van der Waals surface area contributed by atoms with Gasteiger partial charge in [-0.2, -0.15) is 5.10 Å². The number of anilines is 1. The number of carbonyl (C=O) groups is 1. The zero-order valence-corrected chi connectivity index (χ0v) is 18.2. The number of nitrogens with zero attached hydrogens (tertiary/aromatic N) is 2. The summed E-state index contributed by atoms with van der Waals surface area (Å²) in [6, 6.07) is 11.7. The van der Waals surface area contributed by atoms with Gasteiger partial charge in [-0.05, 0) is 68.1 Å². The van der Waals surface area contributed by atoms with Crippen LogP contribution in [0.3, 0.4) is 0 Å². The summed E-state index contributed by atoms with van der Waals surface area (Å²) < 4.78 is 30.0. The molecule has 3 rings (SSSR count). The number of carbonyl (C=O) groups excluding carboxylic acids is 1. The van der Waals surface area contributed by atoms with Crippen molar-refractivity contribution in [1.82, 2.24) is 15.1 Å². The Morgan fingerprint density at radius 1 is 1.07 bits per heavy atom. The van der Waals surface area contributed by atoms with Gasteiger partial charge in [-0.3, -0.25) is 14.2 Å². The van der Waals surface area contributed by atoms with Gasteiger partial charge in [0.05, 0.1) is 11.1 Å². The second-order valence-corrected chi connectivity index (χ2v) is 9.00. The van der Waals surface area contributed by atoms with Crippen LogP contribution in [-0.2, 0) is 16.6 Å². The lowest BCUT2D eigenvalue weighted by Gasteiger charge is -2.12. The van der Waals surface area contributed by atoms with Crippen LogP contribution in [-0.4, -0.2) is 30.7 Å². The van der Waals surface area contributed by atoms with Crippen LogP contribution in [0.1, 0.15) is 33.5 Å². The minimum absolute atomic E-state index is 0.228. The van der Waals surface area contributed by atoms with Gasteiger partial charge in [0.25, 0.3) is 15.9 Å². The molecule has 0 aliphatic carbocycles. The number of nitrogens with one attached hydrogen (secondary N) is 2. The maximum atomic E-state index is 12.8. The van der Waals surface area contributed by atoms with E-state index in [0.29, 0.717) is 29.9 Å². The van der Waals surface area contributed by atoms with Crippen molar-refractivity contribution in [3.63, 3.8) is 0 Å². The molecule has 0 aliphatic rings. The number of hydrogen-bond donors (Lipinski definition) is 2. The van der Waals surface area contributed by atoms with E-state index in [0.717, 1.165) is 17.5 Å². The molecule has 0 unspecified atom stereocenters. The van der Waals surface area contributed by atoms with Crippen molar-refractivity contribution in [2.24, 2.45) is 0 Å². The molecule has 30 heavy (non-hydrogen) atoms. The highest BCUT2D eigenvalue weighted by Crippen LogP contribution is 2.21. The van der Waals surface area contributed by atoms with Crippen LogP contribution in [0.2, 0.25) is 0 Å². The van der Waals surface area contributed by atoms with Gasteiger partial charge >= 0.3 is 0 Å². The lowest BCUT2D eigenvalue weighted by atomic mass is 10.2. The summed E-state index contributed by atoms with van der Waals surface area (Å²) in [5.74, 6) is -0.251. The van der Waals surface area contributed by atoms with Gasteiger partial charge in [-0.1, -0.05) is 18.2 Å². The third-order valence-corrected chi connectivity index (χ3v) is 6.15. The molecule has 2 N–H and O–H groups in total. The Balaban J connectivity index is 1.62. The maximum Gasteiger partial charge on any atom is 0.262 e. The zero-order chi connectivity index (χ0) is 21.7. The minimum atomic E-state index is -3.75. The Morgan fingerprint density at radius 2 is 1.87 bits per heavy atom. The van der Waals surface area contributed by atoms with Crippen LogP contribution in [0.5, 0.6) is 0 Å². The van der Waals surface area contributed by atoms with E-state index in [9.17, 15) is 13.2 Å². The molecule has 0 radical (unpaired) electrons. The Labute approximate surface area is 177 Å². The Hall–Kier alpha value is -3.13. The molecule has 0 spiro atoms.